The third-order valence-electron chi connectivity index (χ3n) is 3.59. The Labute approximate surface area is 111 Å². The Hall–Kier alpha value is -2.08. The van der Waals surface area contributed by atoms with E-state index in [1.165, 1.54) is 0 Å². The van der Waals surface area contributed by atoms with Gasteiger partial charge in [-0.05, 0) is 12.1 Å². The van der Waals surface area contributed by atoms with Crippen molar-refractivity contribution in [3.8, 4) is 0 Å². The molecule has 100 valence electrons. The zero-order valence-corrected chi connectivity index (χ0v) is 10.8. The van der Waals surface area contributed by atoms with E-state index in [-0.39, 0.29) is 11.9 Å². The molecule has 2 heterocycles. The highest BCUT2D eigenvalue weighted by atomic mass is 16.1. The van der Waals surface area contributed by atoms with Gasteiger partial charge in [-0.15, -0.1) is 0 Å². The van der Waals surface area contributed by atoms with E-state index in [2.05, 4.69) is 10.3 Å². The molecule has 0 spiro atoms. The molecule has 6 heteroatoms. The third-order valence-corrected chi connectivity index (χ3v) is 3.59. The standard InChI is InChI=1S/C13H17N5O/c1-17-10-5-3-2-4-9(10)16-13(17)18-7-6-15-8-11(18)12(14)19/h2-5,11,15H,6-8H2,1H3,(H2,14,19). The van der Waals surface area contributed by atoms with Crippen LogP contribution in [0, 0.1) is 0 Å². The summed E-state index contributed by atoms with van der Waals surface area (Å²) in [4.78, 5) is 18.2. The number of hydrogen-bond donors (Lipinski definition) is 2. The Bertz CT molecular complexity index is 621. The minimum atomic E-state index is -0.343. The number of nitrogens with one attached hydrogen (secondary N) is 1. The number of rotatable bonds is 2. The van der Waals surface area contributed by atoms with Crippen LogP contribution >= 0.6 is 0 Å². The number of para-hydroxylation sites is 2. The van der Waals surface area contributed by atoms with Crippen molar-refractivity contribution in [2.75, 3.05) is 24.5 Å². The fourth-order valence-electron chi connectivity index (χ4n) is 2.59. The van der Waals surface area contributed by atoms with Gasteiger partial charge in [0.1, 0.15) is 6.04 Å². The van der Waals surface area contributed by atoms with Crippen LogP contribution in [0.2, 0.25) is 0 Å². The number of amides is 1. The predicted octanol–water partition coefficient (Wildman–Crippen LogP) is -0.163. The smallest absolute Gasteiger partial charge is 0.241 e. The van der Waals surface area contributed by atoms with Crippen LogP contribution in [0.25, 0.3) is 11.0 Å². The van der Waals surface area contributed by atoms with Gasteiger partial charge in [-0.25, -0.2) is 4.98 Å². The Morgan fingerprint density at radius 1 is 1.47 bits per heavy atom. The molecule has 0 bridgehead atoms. The molecule has 1 atom stereocenters. The summed E-state index contributed by atoms with van der Waals surface area (Å²) < 4.78 is 2.01. The number of imidazole rings is 1. The van der Waals surface area contributed by atoms with Crippen LogP contribution in [-0.2, 0) is 11.8 Å². The number of carbonyl (C=O) groups is 1. The lowest BCUT2D eigenvalue weighted by molar-refractivity contribution is -0.119. The zero-order chi connectivity index (χ0) is 13.4. The molecule has 1 unspecified atom stereocenters. The summed E-state index contributed by atoms with van der Waals surface area (Å²) in [7, 11) is 1.96. The first-order chi connectivity index (χ1) is 9.18. The Morgan fingerprint density at radius 2 is 2.26 bits per heavy atom. The molecule has 3 N–H and O–H groups in total. The van der Waals surface area contributed by atoms with E-state index in [0.717, 1.165) is 30.1 Å². The summed E-state index contributed by atoms with van der Waals surface area (Å²) in [6.07, 6.45) is 0. The zero-order valence-electron chi connectivity index (χ0n) is 10.8. The molecule has 1 aromatic heterocycles. The minimum absolute atomic E-state index is 0.320. The van der Waals surface area contributed by atoms with Crippen molar-refractivity contribution in [2.45, 2.75) is 6.04 Å². The second-order valence-corrected chi connectivity index (χ2v) is 4.78. The molecule has 1 amide bonds. The van der Waals surface area contributed by atoms with E-state index in [4.69, 9.17) is 5.73 Å². The number of hydrogen-bond acceptors (Lipinski definition) is 4. The van der Waals surface area contributed by atoms with Crippen molar-refractivity contribution in [1.82, 2.24) is 14.9 Å². The maximum atomic E-state index is 11.6. The van der Waals surface area contributed by atoms with E-state index >= 15 is 0 Å². The first-order valence-corrected chi connectivity index (χ1v) is 6.36. The highest BCUT2D eigenvalue weighted by molar-refractivity contribution is 5.85. The van der Waals surface area contributed by atoms with Gasteiger partial charge in [-0.3, -0.25) is 4.79 Å². The molecule has 1 aliphatic heterocycles. The number of fused-ring (bicyclic) bond motifs is 1. The van der Waals surface area contributed by atoms with Crippen LogP contribution in [0.3, 0.4) is 0 Å². The van der Waals surface area contributed by atoms with Crippen molar-refractivity contribution >= 4 is 22.9 Å². The fourth-order valence-corrected chi connectivity index (χ4v) is 2.59. The highest BCUT2D eigenvalue weighted by Gasteiger charge is 2.29. The largest absolute Gasteiger partial charge is 0.368 e. The number of carbonyl (C=O) groups excluding carboxylic acids is 1. The van der Waals surface area contributed by atoms with Crippen LogP contribution in [0.5, 0.6) is 0 Å². The van der Waals surface area contributed by atoms with E-state index in [1.807, 2.05) is 40.8 Å². The van der Waals surface area contributed by atoms with Gasteiger partial charge in [-0.2, -0.15) is 0 Å². The van der Waals surface area contributed by atoms with Crippen molar-refractivity contribution in [3.63, 3.8) is 0 Å². The molecular formula is C13H17N5O. The number of aromatic nitrogens is 2. The summed E-state index contributed by atoms with van der Waals surface area (Å²) in [5.41, 5.74) is 7.47. The Kier molecular flexibility index (Phi) is 2.87. The summed E-state index contributed by atoms with van der Waals surface area (Å²) in [5.74, 6) is 0.478. The van der Waals surface area contributed by atoms with Crippen LogP contribution in [0.1, 0.15) is 0 Å². The SMILES string of the molecule is Cn1c(N2CCNCC2C(N)=O)nc2ccccc21. The molecule has 1 aromatic carbocycles. The molecule has 0 saturated carbocycles. The fraction of sp³-hybridized carbons (Fsp3) is 0.385. The Morgan fingerprint density at radius 3 is 3.00 bits per heavy atom. The lowest BCUT2D eigenvalue weighted by atomic mass is 10.2. The van der Waals surface area contributed by atoms with Gasteiger partial charge in [0, 0.05) is 26.7 Å². The summed E-state index contributed by atoms with van der Waals surface area (Å²) in [6.45, 7) is 2.12. The van der Waals surface area contributed by atoms with Crippen LogP contribution < -0.4 is 16.0 Å². The number of aryl methyl sites for hydroxylation is 1. The lowest BCUT2D eigenvalue weighted by Crippen LogP contribution is -2.57. The van der Waals surface area contributed by atoms with E-state index < -0.39 is 0 Å². The molecule has 3 rings (SSSR count). The average molecular weight is 259 g/mol. The molecule has 0 aliphatic carbocycles. The molecular weight excluding hydrogens is 242 g/mol. The predicted molar refractivity (Wildman–Crippen MR) is 73.9 cm³/mol. The van der Waals surface area contributed by atoms with Crippen molar-refractivity contribution in [3.05, 3.63) is 24.3 Å². The van der Waals surface area contributed by atoms with E-state index in [0.29, 0.717) is 6.54 Å². The second kappa shape index (κ2) is 4.55. The van der Waals surface area contributed by atoms with Crippen LogP contribution in [-0.4, -0.2) is 41.1 Å². The van der Waals surface area contributed by atoms with Crippen LogP contribution in [0.15, 0.2) is 24.3 Å². The number of nitrogens with two attached hydrogens (primary N) is 1. The van der Waals surface area contributed by atoms with Gasteiger partial charge in [0.15, 0.2) is 0 Å². The third kappa shape index (κ3) is 1.94. The van der Waals surface area contributed by atoms with Gasteiger partial charge in [-0.1, -0.05) is 12.1 Å². The monoisotopic (exact) mass is 259 g/mol. The summed E-state index contributed by atoms with van der Waals surface area (Å²) in [6, 6.07) is 7.59. The maximum Gasteiger partial charge on any atom is 0.241 e. The molecule has 0 radical (unpaired) electrons. The highest BCUT2D eigenvalue weighted by Crippen LogP contribution is 2.23. The summed E-state index contributed by atoms with van der Waals surface area (Å²) >= 11 is 0. The second-order valence-electron chi connectivity index (χ2n) is 4.78. The molecule has 1 fully saturated rings. The maximum absolute atomic E-state index is 11.6. The number of nitrogens with zero attached hydrogens (tertiary/aromatic N) is 3. The van der Waals surface area contributed by atoms with Crippen molar-refractivity contribution in [1.29, 1.82) is 0 Å². The van der Waals surface area contributed by atoms with Crippen LogP contribution in [0.4, 0.5) is 5.95 Å². The topological polar surface area (TPSA) is 76.2 Å². The molecule has 2 aromatic rings. The van der Waals surface area contributed by atoms with E-state index in [9.17, 15) is 4.79 Å². The average Bonchev–Trinajstić information content (AvgIpc) is 2.76. The first kappa shape index (κ1) is 12.0. The lowest BCUT2D eigenvalue weighted by Gasteiger charge is -2.34. The van der Waals surface area contributed by atoms with Gasteiger partial charge in [0.2, 0.25) is 11.9 Å². The van der Waals surface area contributed by atoms with Gasteiger partial charge < -0.3 is 20.5 Å². The number of benzene rings is 1. The summed E-state index contributed by atoms with van der Waals surface area (Å²) in [5, 5.41) is 3.19. The van der Waals surface area contributed by atoms with Crippen molar-refractivity contribution in [2.24, 2.45) is 12.8 Å². The van der Waals surface area contributed by atoms with E-state index in [1.54, 1.807) is 0 Å². The number of primary amides is 1. The molecule has 1 saturated heterocycles. The minimum Gasteiger partial charge on any atom is -0.368 e. The van der Waals surface area contributed by atoms with Gasteiger partial charge >= 0.3 is 0 Å². The van der Waals surface area contributed by atoms with Crippen molar-refractivity contribution < 1.29 is 4.79 Å². The van der Waals surface area contributed by atoms with Gasteiger partial charge in [0.25, 0.3) is 0 Å². The quantitative estimate of drug-likeness (QED) is 0.785. The Balaban J connectivity index is 2.07. The first-order valence-electron chi connectivity index (χ1n) is 6.36. The van der Waals surface area contributed by atoms with Gasteiger partial charge in [0.05, 0.1) is 11.0 Å². The number of piperazine rings is 1. The molecule has 1 aliphatic rings. The normalized spacial score (nSPS) is 19.8. The molecule has 6 nitrogen and oxygen atoms in total. The number of anilines is 1. The molecule has 19 heavy (non-hydrogen) atoms.